The third-order valence-electron chi connectivity index (χ3n) is 3.01. The van der Waals surface area contributed by atoms with Gasteiger partial charge in [0.1, 0.15) is 5.82 Å². The lowest BCUT2D eigenvalue weighted by atomic mass is 10.1. The minimum Gasteiger partial charge on any atom is -0.383 e. The van der Waals surface area contributed by atoms with Crippen LogP contribution in [0.2, 0.25) is 0 Å². The normalized spacial score (nSPS) is 12.7. The molecule has 5 heteroatoms. The third-order valence-corrected chi connectivity index (χ3v) is 5.09. The summed E-state index contributed by atoms with van der Waals surface area (Å²) in [6.07, 6.45) is 2.08. The molecule has 2 N–H and O–H groups in total. The van der Waals surface area contributed by atoms with Gasteiger partial charge in [0.25, 0.3) is 0 Å². The number of hydrogen-bond acceptors (Lipinski definition) is 3. The predicted molar refractivity (Wildman–Crippen MR) is 86.1 cm³/mol. The molecule has 18 heavy (non-hydrogen) atoms. The van der Waals surface area contributed by atoms with E-state index in [4.69, 9.17) is 5.73 Å². The quantitative estimate of drug-likeness (QED) is 0.659. The lowest BCUT2D eigenvalue weighted by Gasteiger charge is -2.14. The number of nitrogen functional groups attached to an aromatic ring is 1. The first-order chi connectivity index (χ1) is 8.54. The Balaban J connectivity index is 2.34. The van der Waals surface area contributed by atoms with Gasteiger partial charge >= 0.3 is 0 Å². The number of aryl methyl sites for hydroxylation is 1. The number of anilines is 1. The van der Waals surface area contributed by atoms with Gasteiger partial charge in [0, 0.05) is 4.90 Å². The van der Waals surface area contributed by atoms with E-state index in [1.165, 1.54) is 10.5 Å². The van der Waals surface area contributed by atoms with Crippen LogP contribution in [0.5, 0.6) is 0 Å². The van der Waals surface area contributed by atoms with Gasteiger partial charge in [-0.25, -0.2) is 4.68 Å². The number of nitrogens with two attached hydrogens (primary N) is 1. The Bertz CT molecular complexity index is 548. The van der Waals surface area contributed by atoms with Gasteiger partial charge in [-0.1, -0.05) is 12.1 Å². The molecule has 1 aromatic carbocycles. The molecule has 1 heterocycles. The van der Waals surface area contributed by atoms with Crippen molar-refractivity contribution in [3.05, 3.63) is 39.1 Å². The summed E-state index contributed by atoms with van der Waals surface area (Å²) in [5, 5.41) is 4.51. The molecule has 2 rings (SSSR count). The fraction of sp³-hybridized carbons (Fsp3) is 0.308. The van der Waals surface area contributed by atoms with Crippen LogP contribution >= 0.6 is 34.4 Å². The number of nitrogens with zero attached hydrogens (tertiary/aromatic N) is 2. The van der Waals surface area contributed by atoms with Crippen molar-refractivity contribution >= 4 is 40.2 Å². The zero-order chi connectivity index (χ0) is 13.3. The molecule has 1 aromatic heterocycles. The molecule has 2 aromatic rings. The van der Waals surface area contributed by atoms with Gasteiger partial charge in [-0.15, -0.1) is 11.8 Å². The van der Waals surface area contributed by atoms with Crippen LogP contribution in [0.3, 0.4) is 0 Å². The minimum absolute atomic E-state index is 0.156. The van der Waals surface area contributed by atoms with Crippen molar-refractivity contribution in [3.63, 3.8) is 0 Å². The summed E-state index contributed by atoms with van der Waals surface area (Å²) >= 11 is 3.99. The van der Waals surface area contributed by atoms with Crippen LogP contribution in [0.1, 0.15) is 24.2 Å². The predicted octanol–water partition coefficient (Wildman–Crippen LogP) is 3.71. The standard InChI is InChI=1S/C13H16IN3S/c1-8-12(14)13(15)17(16-8)9(2)10-4-6-11(18-3)7-5-10/h4-7,9H,15H2,1-3H3. The van der Waals surface area contributed by atoms with Crippen LogP contribution in [0.15, 0.2) is 29.2 Å². The van der Waals surface area contributed by atoms with Gasteiger partial charge < -0.3 is 5.73 Å². The molecule has 0 spiro atoms. The topological polar surface area (TPSA) is 43.8 Å². The van der Waals surface area contributed by atoms with Crippen molar-refractivity contribution in [2.24, 2.45) is 0 Å². The van der Waals surface area contributed by atoms with Crippen LogP contribution in [-0.4, -0.2) is 16.0 Å². The van der Waals surface area contributed by atoms with E-state index in [1.807, 2.05) is 11.6 Å². The van der Waals surface area contributed by atoms with E-state index in [2.05, 4.69) is 65.1 Å². The van der Waals surface area contributed by atoms with Crippen molar-refractivity contribution in [3.8, 4) is 0 Å². The summed E-state index contributed by atoms with van der Waals surface area (Å²) in [7, 11) is 0. The van der Waals surface area contributed by atoms with Crippen LogP contribution in [0, 0.1) is 10.5 Å². The van der Waals surface area contributed by atoms with Crippen LogP contribution in [0.4, 0.5) is 5.82 Å². The number of thioether (sulfide) groups is 1. The van der Waals surface area contributed by atoms with Crippen molar-refractivity contribution in [2.45, 2.75) is 24.8 Å². The van der Waals surface area contributed by atoms with Crippen LogP contribution in [-0.2, 0) is 0 Å². The van der Waals surface area contributed by atoms with Crippen molar-refractivity contribution < 1.29 is 0 Å². The molecule has 96 valence electrons. The summed E-state index contributed by atoms with van der Waals surface area (Å²) in [5.74, 6) is 0.745. The molecule has 0 saturated heterocycles. The molecule has 0 aliphatic rings. The molecule has 1 unspecified atom stereocenters. The van der Waals surface area contributed by atoms with Crippen molar-refractivity contribution in [1.82, 2.24) is 9.78 Å². The Labute approximate surface area is 125 Å². The van der Waals surface area contributed by atoms with Crippen molar-refractivity contribution in [2.75, 3.05) is 12.0 Å². The molecule has 0 amide bonds. The molecule has 3 nitrogen and oxygen atoms in total. The van der Waals surface area contributed by atoms with E-state index < -0.39 is 0 Å². The molecule has 1 atom stereocenters. The van der Waals surface area contributed by atoms with Gasteiger partial charge in [0.15, 0.2) is 0 Å². The van der Waals surface area contributed by atoms with E-state index in [-0.39, 0.29) is 6.04 Å². The second kappa shape index (κ2) is 5.52. The number of hydrogen-bond donors (Lipinski definition) is 1. The first kappa shape index (κ1) is 13.7. The highest BCUT2D eigenvalue weighted by Gasteiger charge is 2.16. The minimum atomic E-state index is 0.156. The summed E-state index contributed by atoms with van der Waals surface area (Å²) in [6.45, 7) is 4.10. The Morgan fingerprint density at radius 3 is 2.39 bits per heavy atom. The van der Waals surface area contributed by atoms with Gasteiger partial charge in [0.05, 0.1) is 15.3 Å². The monoisotopic (exact) mass is 373 g/mol. The number of aromatic nitrogens is 2. The zero-order valence-electron chi connectivity index (χ0n) is 10.6. The average Bonchev–Trinajstić information content (AvgIpc) is 2.66. The van der Waals surface area contributed by atoms with Crippen LogP contribution in [0.25, 0.3) is 0 Å². The maximum atomic E-state index is 6.09. The van der Waals surface area contributed by atoms with Gasteiger partial charge in [-0.2, -0.15) is 5.10 Å². The Morgan fingerprint density at radius 2 is 1.94 bits per heavy atom. The summed E-state index contributed by atoms with van der Waals surface area (Å²) < 4.78 is 2.94. The lowest BCUT2D eigenvalue weighted by molar-refractivity contribution is 0.568. The molecule has 0 saturated carbocycles. The van der Waals surface area contributed by atoms with E-state index in [9.17, 15) is 0 Å². The summed E-state index contributed by atoms with van der Waals surface area (Å²) in [4.78, 5) is 1.27. The number of rotatable bonds is 3. The zero-order valence-corrected chi connectivity index (χ0v) is 13.6. The highest BCUT2D eigenvalue weighted by Crippen LogP contribution is 2.27. The smallest absolute Gasteiger partial charge is 0.136 e. The van der Waals surface area contributed by atoms with E-state index in [0.717, 1.165) is 15.1 Å². The summed E-state index contributed by atoms with van der Waals surface area (Å²) in [6, 6.07) is 8.70. The first-order valence-electron chi connectivity index (χ1n) is 5.68. The molecule has 0 fully saturated rings. The van der Waals surface area contributed by atoms with Gasteiger partial charge in [-0.05, 0) is 60.4 Å². The SMILES string of the molecule is CSc1ccc(C(C)n2nc(C)c(I)c2N)cc1. The third kappa shape index (κ3) is 2.51. The summed E-state index contributed by atoms with van der Waals surface area (Å²) in [5.41, 5.74) is 8.29. The van der Waals surface area contributed by atoms with Crippen LogP contribution < -0.4 is 5.73 Å². The molecule has 0 bridgehead atoms. The Morgan fingerprint density at radius 1 is 1.33 bits per heavy atom. The molecule has 0 radical (unpaired) electrons. The van der Waals surface area contributed by atoms with Gasteiger partial charge in [-0.3, -0.25) is 0 Å². The van der Waals surface area contributed by atoms with E-state index in [0.29, 0.717) is 0 Å². The fourth-order valence-corrected chi connectivity index (χ4v) is 2.63. The lowest BCUT2D eigenvalue weighted by Crippen LogP contribution is -2.11. The first-order valence-corrected chi connectivity index (χ1v) is 7.99. The molecule has 0 aliphatic heterocycles. The maximum Gasteiger partial charge on any atom is 0.136 e. The fourth-order valence-electron chi connectivity index (χ4n) is 1.86. The maximum absolute atomic E-state index is 6.09. The van der Waals surface area contributed by atoms with E-state index in [1.54, 1.807) is 11.8 Å². The molecule has 0 aliphatic carbocycles. The number of benzene rings is 1. The van der Waals surface area contributed by atoms with Gasteiger partial charge in [0.2, 0.25) is 0 Å². The van der Waals surface area contributed by atoms with Crippen molar-refractivity contribution in [1.29, 1.82) is 0 Å². The second-order valence-corrected chi connectivity index (χ2v) is 6.14. The molecular weight excluding hydrogens is 357 g/mol. The number of halogens is 1. The Hall–Kier alpha value is -0.690. The second-order valence-electron chi connectivity index (χ2n) is 4.18. The Kier molecular flexibility index (Phi) is 4.21. The highest BCUT2D eigenvalue weighted by molar-refractivity contribution is 14.1. The highest BCUT2D eigenvalue weighted by atomic mass is 127. The van der Waals surface area contributed by atoms with E-state index >= 15 is 0 Å². The average molecular weight is 373 g/mol. The largest absolute Gasteiger partial charge is 0.383 e. The molecular formula is C13H16IN3S.